The van der Waals surface area contributed by atoms with Crippen LogP contribution in [0.5, 0.6) is 11.5 Å². The first-order valence-corrected chi connectivity index (χ1v) is 6.30. The van der Waals surface area contributed by atoms with Gasteiger partial charge in [-0.05, 0) is 36.1 Å². The SMILES string of the molecule is CCc1cc(O)c(CC)c(-c2ccccc2O)c1. The highest BCUT2D eigenvalue weighted by molar-refractivity contribution is 5.75. The second-order valence-electron chi connectivity index (χ2n) is 4.37. The summed E-state index contributed by atoms with van der Waals surface area (Å²) in [5, 5.41) is 20.0. The number of aromatic hydroxyl groups is 2. The van der Waals surface area contributed by atoms with Crippen molar-refractivity contribution in [2.24, 2.45) is 0 Å². The van der Waals surface area contributed by atoms with Crippen LogP contribution >= 0.6 is 0 Å². The summed E-state index contributed by atoms with van der Waals surface area (Å²) in [6.07, 6.45) is 1.59. The molecule has 0 bridgehead atoms. The minimum absolute atomic E-state index is 0.250. The summed E-state index contributed by atoms with van der Waals surface area (Å²) in [6, 6.07) is 11.1. The lowest BCUT2D eigenvalue weighted by molar-refractivity contribution is 0.468. The number of phenolic OH excluding ortho intramolecular Hbond substituents is 2. The molecule has 2 heteroatoms. The lowest BCUT2D eigenvalue weighted by Gasteiger charge is -2.13. The van der Waals surface area contributed by atoms with Crippen molar-refractivity contribution in [3.8, 4) is 22.6 Å². The Labute approximate surface area is 108 Å². The molecule has 0 unspecified atom stereocenters. The third-order valence-corrected chi connectivity index (χ3v) is 3.24. The molecule has 0 heterocycles. The molecule has 2 aromatic carbocycles. The molecule has 2 aromatic rings. The first-order chi connectivity index (χ1) is 8.67. The van der Waals surface area contributed by atoms with Crippen molar-refractivity contribution in [1.29, 1.82) is 0 Å². The van der Waals surface area contributed by atoms with Crippen molar-refractivity contribution in [2.75, 3.05) is 0 Å². The normalized spacial score (nSPS) is 10.6. The van der Waals surface area contributed by atoms with Crippen LogP contribution in [0.25, 0.3) is 11.1 Å². The lowest BCUT2D eigenvalue weighted by atomic mass is 9.93. The molecule has 0 amide bonds. The fourth-order valence-corrected chi connectivity index (χ4v) is 2.23. The molecule has 0 saturated heterocycles. The molecule has 0 aliphatic heterocycles. The van der Waals surface area contributed by atoms with E-state index in [1.807, 2.05) is 31.2 Å². The molecular formula is C16H18O2. The number of hydrogen-bond donors (Lipinski definition) is 2. The second kappa shape index (κ2) is 5.13. The fraction of sp³-hybridized carbons (Fsp3) is 0.250. The minimum Gasteiger partial charge on any atom is -0.508 e. The van der Waals surface area contributed by atoms with Crippen LogP contribution in [-0.2, 0) is 12.8 Å². The number of aryl methyl sites for hydroxylation is 1. The molecule has 2 nitrogen and oxygen atoms in total. The van der Waals surface area contributed by atoms with Gasteiger partial charge in [0.1, 0.15) is 11.5 Å². The molecule has 94 valence electrons. The third kappa shape index (κ3) is 2.19. The fourth-order valence-electron chi connectivity index (χ4n) is 2.23. The molecular weight excluding hydrogens is 224 g/mol. The van der Waals surface area contributed by atoms with E-state index < -0.39 is 0 Å². The van der Waals surface area contributed by atoms with Crippen LogP contribution in [0.1, 0.15) is 25.0 Å². The topological polar surface area (TPSA) is 40.5 Å². The summed E-state index contributed by atoms with van der Waals surface area (Å²) in [4.78, 5) is 0. The van der Waals surface area contributed by atoms with Gasteiger partial charge in [0.15, 0.2) is 0 Å². The van der Waals surface area contributed by atoms with Crippen LogP contribution in [0.15, 0.2) is 36.4 Å². The van der Waals surface area contributed by atoms with Crippen LogP contribution in [0.3, 0.4) is 0 Å². The molecule has 0 atom stereocenters. The van der Waals surface area contributed by atoms with Crippen LogP contribution in [0, 0.1) is 0 Å². The van der Waals surface area contributed by atoms with E-state index in [0.717, 1.165) is 35.1 Å². The van der Waals surface area contributed by atoms with Gasteiger partial charge in [-0.3, -0.25) is 0 Å². The van der Waals surface area contributed by atoms with E-state index in [9.17, 15) is 10.2 Å². The predicted octanol–water partition coefficient (Wildman–Crippen LogP) is 3.89. The standard InChI is InChI=1S/C16H18O2/c1-3-11-9-14(12(4-2)16(18)10-11)13-7-5-6-8-15(13)17/h5-10,17-18H,3-4H2,1-2H3. The van der Waals surface area contributed by atoms with Crippen molar-refractivity contribution < 1.29 is 10.2 Å². The number of para-hydroxylation sites is 1. The maximum atomic E-state index is 10.1. The Morgan fingerprint density at radius 3 is 2.17 bits per heavy atom. The lowest BCUT2D eigenvalue weighted by Crippen LogP contribution is -1.92. The Balaban J connectivity index is 2.69. The van der Waals surface area contributed by atoms with Crippen LogP contribution in [-0.4, -0.2) is 10.2 Å². The Hall–Kier alpha value is -1.96. The van der Waals surface area contributed by atoms with E-state index in [4.69, 9.17) is 0 Å². The predicted molar refractivity (Wildman–Crippen MR) is 74.0 cm³/mol. The minimum atomic E-state index is 0.250. The summed E-state index contributed by atoms with van der Waals surface area (Å²) in [7, 11) is 0. The van der Waals surface area contributed by atoms with Crippen LogP contribution < -0.4 is 0 Å². The van der Waals surface area contributed by atoms with Crippen molar-refractivity contribution in [1.82, 2.24) is 0 Å². The Morgan fingerprint density at radius 2 is 1.56 bits per heavy atom. The summed E-state index contributed by atoms with van der Waals surface area (Å²) in [5.74, 6) is 0.565. The molecule has 0 saturated carbocycles. The number of phenols is 2. The molecule has 18 heavy (non-hydrogen) atoms. The number of rotatable bonds is 3. The Morgan fingerprint density at radius 1 is 0.833 bits per heavy atom. The van der Waals surface area contributed by atoms with E-state index in [1.54, 1.807) is 12.1 Å². The molecule has 2 N–H and O–H groups in total. The van der Waals surface area contributed by atoms with E-state index in [0.29, 0.717) is 5.75 Å². The highest BCUT2D eigenvalue weighted by Gasteiger charge is 2.12. The first-order valence-electron chi connectivity index (χ1n) is 6.30. The molecule has 0 aliphatic rings. The maximum absolute atomic E-state index is 10.1. The van der Waals surface area contributed by atoms with Gasteiger partial charge in [0.2, 0.25) is 0 Å². The van der Waals surface area contributed by atoms with Gasteiger partial charge in [0.25, 0.3) is 0 Å². The average molecular weight is 242 g/mol. The van der Waals surface area contributed by atoms with Crippen molar-refractivity contribution >= 4 is 0 Å². The zero-order valence-corrected chi connectivity index (χ0v) is 10.8. The highest BCUT2D eigenvalue weighted by atomic mass is 16.3. The average Bonchev–Trinajstić information content (AvgIpc) is 2.38. The van der Waals surface area contributed by atoms with Crippen LogP contribution in [0.4, 0.5) is 0 Å². The van der Waals surface area contributed by atoms with Crippen molar-refractivity contribution in [3.63, 3.8) is 0 Å². The Bertz CT molecular complexity index is 559. The number of benzene rings is 2. The van der Waals surface area contributed by atoms with Gasteiger partial charge in [-0.1, -0.05) is 38.1 Å². The quantitative estimate of drug-likeness (QED) is 0.857. The maximum Gasteiger partial charge on any atom is 0.123 e. The van der Waals surface area contributed by atoms with Gasteiger partial charge in [-0.2, -0.15) is 0 Å². The molecule has 0 radical (unpaired) electrons. The zero-order valence-electron chi connectivity index (χ0n) is 10.8. The monoisotopic (exact) mass is 242 g/mol. The smallest absolute Gasteiger partial charge is 0.123 e. The zero-order chi connectivity index (χ0) is 13.1. The summed E-state index contributed by atoms with van der Waals surface area (Å²) in [5.41, 5.74) is 3.66. The van der Waals surface area contributed by atoms with Crippen LogP contribution in [0.2, 0.25) is 0 Å². The van der Waals surface area contributed by atoms with Crippen molar-refractivity contribution in [3.05, 3.63) is 47.5 Å². The van der Waals surface area contributed by atoms with Gasteiger partial charge < -0.3 is 10.2 Å². The van der Waals surface area contributed by atoms with E-state index >= 15 is 0 Å². The molecule has 0 aromatic heterocycles. The van der Waals surface area contributed by atoms with E-state index in [1.165, 1.54) is 0 Å². The molecule has 0 fully saturated rings. The van der Waals surface area contributed by atoms with Crippen molar-refractivity contribution in [2.45, 2.75) is 26.7 Å². The summed E-state index contributed by atoms with van der Waals surface area (Å²) < 4.78 is 0. The molecule has 0 aliphatic carbocycles. The highest BCUT2D eigenvalue weighted by Crippen LogP contribution is 2.36. The third-order valence-electron chi connectivity index (χ3n) is 3.24. The van der Waals surface area contributed by atoms with Gasteiger partial charge >= 0.3 is 0 Å². The van der Waals surface area contributed by atoms with Gasteiger partial charge in [0, 0.05) is 11.1 Å². The second-order valence-corrected chi connectivity index (χ2v) is 4.37. The largest absolute Gasteiger partial charge is 0.508 e. The van der Waals surface area contributed by atoms with E-state index in [2.05, 4.69) is 6.92 Å². The number of hydrogen-bond acceptors (Lipinski definition) is 2. The van der Waals surface area contributed by atoms with Gasteiger partial charge in [0.05, 0.1) is 0 Å². The molecule has 2 rings (SSSR count). The Kier molecular flexibility index (Phi) is 3.56. The summed E-state index contributed by atoms with van der Waals surface area (Å²) >= 11 is 0. The summed E-state index contributed by atoms with van der Waals surface area (Å²) in [6.45, 7) is 4.05. The van der Waals surface area contributed by atoms with Gasteiger partial charge in [-0.15, -0.1) is 0 Å². The van der Waals surface area contributed by atoms with Gasteiger partial charge in [-0.25, -0.2) is 0 Å². The molecule has 0 spiro atoms. The first kappa shape index (κ1) is 12.5. The van der Waals surface area contributed by atoms with E-state index in [-0.39, 0.29) is 5.75 Å².